The zero-order chi connectivity index (χ0) is 15.7. The second kappa shape index (κ2) is 9.93. The van der Waals surface area contributed by atoms with Gasteiger partial charge in [-0.15, -0.1) is 0 Å². The van der Waals surface area contributed by atoms with E-state index in [1.165, 1.54) is 24.1 Å². The standard InChI is InChI=1S/C18H33N3/c1-5-20(6-2)13-10-14-21(7-3)18(15-19)17-12-9-8-11-16(17)4/h8-9,11-12,18H,5-7,10,13-15,19H2,1-4H3. The maximum absolute atomic E-state index is 6.08. The van der Waals surface area contributed by atoms with Crippen LogP contribution in [0.25, 0.3) is 0 Å². The van der Waals surface area contributed by atoms with E-state index in [4.69, 9.17) is 5.73 Å². The molecule has 120 valence electrons. The minimum atomic E-state index is 0.341. The summed E-state index contributed by atoms with van der Waals surface area (Å²) in [6.07, 6.45) is 1.21. The first-order valence-corrected chi connectivity index (χ1v) is 8.39. The predicted octanol–water partition coefficient (Wildman–Crippen LogP) is 3.05. The lowest BCUT2D eigenvalue weighted by Gasteiger charge is -2.32. The first-order valence-electron chi connectivity index (χ1n) is 8.39. The largest absolute Gasteiger partial charge is 0.329 e. The van der Waals surface area contributed by atoms with Crippen molar-refractivity contribution >= 4 is 0 Å². The molecule has 1 rings (SSSR count). The third-order valence-corrected chi connectivity index (χ3v) is 4.43. The van der Waals surface area contributed by atoms with Gasteiger partial charge < -0.3 is 10.6 Å². The third-order valence-electron chi connectivity index (χ3n) is 4.43. The Labute approximate surface area is 131 Å². The lowest BCUT2D eigenvalue weighted by atomic mass is 9.99. The van der Waals surface area contributed by atoms with Crippen LogP contribution in [-0.4, -0.2) is 49.1 Å². The van der Waals surface area contributed by atoms with E-state index in [2.05, 4.69) is 61.8 Å². The molecule has 0 aliphatic rings. The van der Waals surface area contributed by atoms with Gasteiger partial charge in [0.15, 0.2) is 0 Å². The van der Waals surface area contributed by atoms with Gasteiger partial charge in [-0.2, -0.15) is 0 Å². The van der Waals surface area contributed by atoms with E-state index in [1.54, 1.807) is 0 Å². The molecular weight excluding hydrogens is 258 g/mol. The van der Waals surface area contributed by atoms with Gasteiger partial charge in [0.25, 0.3) is 0 Å². The Balaban J connectivity index is 2.66. The van der Waals surface area contributed by atoms with Crippen LogP contribution in [-0.2, 0) is 0 Å². The van der Waals surface area contributed by atoms with Crippen LogP contribution in [0.4, 0.5) is 0 Å². The minimum Gasteiger partial charge on any atom is -0.329 e. The van der Waals surface area contributed by atoms with E-state index >= 15 is 0 Å². The highest BCUT2D eigenvalue weighted by molar-refractivity contribution is 5.29. The van der Waals surface area contributed by atoms with Gasteiger partial charge in [0.05, 0.1) is 0 Å². The highest BCUT2D eigenvalue weighted by atomic mass is 15.2. The fourth-order valence-corrected chi connectivity index (χ4v) is 3.00. The quantitative estimate of drug-likeness (QED) is 0.719. The number of benzene rings is 1. The molecule has 0 aromatic heterocycles. The van der Waals surface area contributed by atoms with Crippen molar-refractivity contribution in [3.05, 3.63) is 35.4 Å². The molecule has 1 aromatic rings. The number of rotatable bonds is 10. The highest BCUT2D eigenvalue weighted by Gasteiger charge is 2.18. The number of nitrogens with two attached hydrogens (primary N) is 1. The molecule has 0 heterocycles. The van der Waals surface area contributed by atoms with Crippen molar-refractivity contribution in [2.24, 2.45) is 5.73 Å². The fourth-order valence-electron chi connectivity index (χ4n) is 3.00. The zero-order valence-electron chi connectivity index (χ0n) is 14.3. The average molecular weight is 291 g/mol. The van der Waals surface area contributed by atoms with Gasteiger partial charge in [0.2, 0.25) is 0 Å². The third kappa shape index (κ3) is 5.42. The van der Waals surface area contributed by atoms with E-state index in [1.807, 2.05) is 0 Å². The molecule has 2 N–H and O–H groups in total. The van der Waals surface area contributed by atoms with E-state index in [-0.39, 0.29) is 0 Å². The van der Waals surface area contributed by atoms with Gasteiger partial charge in [-0.1, -0.05) is 45.0 Å². The Morgan fingerprint density at radius 2 is 1.67 bits per heavy atom. The van der Waals surface area contributed by atoms with Crippen LogP contribution in [0, 0.1) is 6.92 Å². The average Bonchev–Trinajstić information content (AvgIpc) is 2.52. The first kappa shape index (κ1) is 18.1. The SMILES string of the molecule is CCN(CC)CCCN(CC)C(CN)c1ccccc1C. The maximum atomic E-state index is 6.08. The van der Waals surface area contributed by atoms with Crippen LogP contribution in [0.15, 0.2) is 24.3 Å². The Morgan fingerprint density at radius 1 is 1.00 bits per heavy atom. The van der Waals surface area contributed by atoms with Crippen molar-refractivity contribution in [1.29, 1.82) is 0 Å². The Kier molecular flexibility index (Phi) is 8.58. The molecule has 0 aliphatic carbocycles. The predicted molar refractivity (Wildman–Crippen MR) is 92.6 cm³/mol. The Bertz CT molecular complexity index is 388. The topological polar surface area (TPSA) is 32.5 Å². The number of likely N-dealkylation sites (N-methyl/N-ethyl adjacent to an activating group) is 1. The molecule has 0 fully saturated rings. The zero-order valence-corrected chi connectivity index (χ0v) is 14.3. The van der Waals surface area contributed by atoms with Crippen molar-refractivity contribution in [2.75, 3.05) is 39.3 Å². The Morgan fingerprint density at radius 3 is 2.19 bits per heavy atom. The summed E-state index contributed by atoms with van der Waals surface area (Å²) in [6, 6.07) is 8.97. The summed E-state index contributed by atoms with van der Waals surface area (Å²) in [6.45, 7) is 15.2. The molecule has 0 saturated carbocycles. The lowest BCUT2D eigenvalue weighted by Crippen LogP contribution is -2.36. The first-order chi connectivity index (χ1) is 10.2. The van der Waals surface area contributed by atoms with Gasteiger partial charge in [-0.05, 0) is 50.7 Å². The lowest BCUT2D eigenvalue weighted by molar-refractivity contribution is 0.193. The molecule has 0 saturated heterocycles. The molecule has 21 heavy (non-hydrogen) atoms. The molecule has 0 aliphatic heterocycles. The van der Waals surface area contributed by atoms with Gasteiger partial charge in [0.1, 0.15) is 0 Å². The smallest absolute Gasteiger partial charge is 0.0472 e. The summed E-state index contributed by atoms with van der Waals surface area (Å²) in [5, 5.41) is 0. The maximum Gasteiger partial charge on any atom is 0.0472 e. The summed E-state index contributed by atoms with van der Waals surface area (Å²) in [5.41, 5.74) is 8.80. The van der Waals surface area contributed by atoms with Crippen LogP contribution in [0.1, 0.15) is 44.4 Å². The van der Waals surface area contributed by atoms with E-state index in [0.717, 1.165) is 26.2 Å². The normalized spacial score (nSPS) is 13.1. The van der Waals surface area contributed by atoms with Gasteiger partial charge in [-0.3, -0.25) is 4.90 Å². The molecule has 1 unspecified atom stereocenters. The van der Waals surface area contributed by atoms with Crippen LogP contribution < -0.4 is 5.73 Å². The van der Waals surface area contributed by atoms with E-state index in [0.29, 0.717) is 12.6 Å². The molecule has 0 bridgehead atoms. The van der Waals surface area contributed by atoms with E-state index < -0.39 is 0 Å². The molecule has 3 heteroatoms. The van der Waals surface area contributed by atoms with Crippen molar-refractivity contribution < 1.29 is 0 Å². The highest BCUT2D eigenvalue weighted by Crippen LogP contribution is 2.22. The molecule has 0 spiro atoms. The molecule has 1 aromatic carbocycles. The second-order valence-corrected chi connectivity index (χ2v) is 5.62. The number of nitrogens with zero attached hydrogens (tertiary/aromatic N) is 2. The molecule has 0 radical (unpaired) electrons. The summed E-state index contributed by atoms with van der Waals surface area (Å²) in [5.74, 6) is 0. The number of hydrogen-bond donors (Lipinski definition) is 1. The molecule has 3 nitrogen and oxygen atoms in total. The number of hydrogen-bond acceptors (Lipinski definition) is 3. The van der Waals surface area contributed by atoms with Crippen molar-refractivity contribution in [2.45, 2.75) is 40.2 Å². The summed E-state index contributed by atoms with van der Waals surface area (Å²) < 4.78 is 0. The van der Waals surface area contributed by atoms with Crippen molar-refractivity contribution in [3.8, 4) is 0 Å². The monoisotopic (exact) mass is 291 g/mol. The van der Waals surface area contributed by atoms with Crippen LogP contribution in [0.5, 0.6) is 0 Å². The van der Waals surface area contributed by atoms with Gasteiger partial charge in [0, 0.05) is 19.1 Å². The number of aryl methyl sites for hydroxylation is 1. The summed E-state index contributed by atoms with van der Waals surface area (Å²) in [7, 11) is 0. The molecule has 0 amide bonds. The van der Waals surface area contributed by atoms with Crippen LogP contribution in [0.2, 0.25) is 0 Å². The second-order valence-electron chi connectivity index (χ2n) is 5.62. The van der Waals surface area contributed by atoms with Crippen molar-refractivity contribution in [1.82, 2.24) is 9.80 Å². The summed E-state index contributed by atoms with van der Waals surface area (Å²) in [4.78, 5) is 5.00. The van der Waals surface area contributed by atoms with Crippen molar-refractivity contribution in [3.63, 3.8) is 0 Å². The van der Waals surface area contributed by atoms with Crippen LogP contribution in [0.3, 0.4) is 0 Å². The van der Waals surface area contributed by atoms with E-state index in [9.17, 15) is 0 Å². The van der Waals surface area contributed by atoms with Gasteiger partial charge >= 0.3 is 0 Å². The molecule has 1 atom stereocenters. The fraction of sp³-hybridized carbons (Fsp3) is 0.667. The minimum absolute atomic E-state index is 0.341. The van der Waals surface area contributed by atoms with Crippen LogP contribution >= 0.6 is 0 Å². The molecular formula is C18H33N3. The van der Waals surface area contributed by atoms with Gasteiger partial charge in [-0.25, -0.2) is 0 Å². The Hall–Kier alpha value is -0.900. The summed E-state index contributed by atoms with van der Waals surface area (Å²) >= 11 is 0.